The summed E-state index contributed by atoms with van der Waals surface area (Å²) in [5.74, 6) is -2.34. The van der Waals surface area contributed by atoms with Crippen LogP contribution in [0.2, 0.25) is 0 Å². The second-order valence-corrected chi connectivity index (χ2v) is 5.00. The van der Waals surface area contributed by atoms with Crippen molar-refractivity contribution >= 4 is 16.0 Å². The van der Waals surface area contributed by atoms with Crippen LogP contribution in [0.1, 0.15) is 0 Å². The zero-order valence-electron chi connectivity index (χ0n) is 9.52. The van der Waals surface area contributed by atoms with Crippen LogP contribution in [0, 0.1) is 11.6 Å². The second-order valence-electron chi connectivity index (χ2n) is 3.35. The Morgan fingerprint density at radius 1 is 1.37 bits per heavy atom. The first-order valence-corrected chi connectivity index (χ1v) is 6.35. The number of aromatic amines is 1. The van der Waals surface area contributed by atoms with Gasteiger partial charge in [-0.05, 0) is 12.1 Å². The molecule has 0 aliphatic carbocycles. The molecule has 0 amide bonds. The van der Waals surface area contributed by atoms with Crippen LogP contribution in [0.4, 0.5) is 14.7 Å². The number of H-pyrrole nitrogens is 1. The lowest BCUT2D eigenvalue weighted by atomic mass is 10.3. The molecule has 1 heterocycles. The Hall–Kier alpha value is -2.23. The van der Waals surface area contributed by atoms with Gasteiger partial charge in [0.2, 0.25) is 5.95 Å². The summed E-state index contributed by atoms with van der Waals surface area (Å²) in [5.41, 5.74) is 0. The number of sulfonamides is 1. The van der Waals surface area contributed by atoms with Crippen LogP contribution in [0.5, 0.6) is 6.01 Å². The predicted octanol–water partition coefficient (Wildman–Crippen LogP) is 0.892. The third kappa shape index (κ3) is 2.78. The Balaban J connectivity index is 2.32. The van der Waals surface area contributed by atoms with Gasteiger partial charge in [-0.25, -0.2) is 27.0 Å². The van der Waals surface area contributed by atoms with E-state index in [1.807, 2.05) is 4.72 Å². The Morgan fingerprint density at radius 3 is 2.68 bits per heavy atom. The highest BCUT2D eigenvalue weighted by Crippen LogP contribution is 2.18. The minimum absolute atomic E-state index is 0.0859. The summed E-state index contributed by atoms with van der Waals surface area (Å²) >= 11 is 0. The molecule has 1 aromatic heterocycles. The standard InChI is InChI=1S/C9H8F2N4O3S/c1-18-9-12-8(13-14-9)15-19(16,17)7-3-2-5(10)4-6(7)11/h2-4H,1H3,(H2,12,13,14,15). The summed E-state index contributed by atoms with van der Waals surface area (Å²) in [6.07, 6.45) is 0. The molecule has 0 radical (unpaired) electrons. The van der Waals surface area contributed by atoms with Crippen molar-refractivity contribution in [1.29, 1.82) is 0 Å². The molecule has 10 heteroatoms. The highest BCUT2D eigenvalue weighted by atomic mass is 32.2. The van der Waals surface area contributed by atoms with E-state index < -0.39 is 26.6 Å². The fraction of sp³-hybridized carbons (Fsp3) is 0.111. The van der Waals surface area contributed by atoms with E-state index >= 15 is 0 Å². The Bertz CT molecular complexity index is 701. The van der Waals surface area contributed by atoms with Crippen molar-refractivity contribution in [1.82, 2.24) is 15.2 Å². The number of benzene rings is 1. The topological polar surface area (TPSA) is 97.0 Å². The van der Waals surface area contributed by atoms with Crippen LogP contribution in [0.25, 0.3) is 0 Å². The largest absolute Gasteiger partial charge is 0.466 e. The van der Waals surface area contributed by atoms with Gasteiger partial charge < -0.3 is 4.74 Å². The summed E-state index contributed by atoms with van der Waals surface area (Å²) in [7, 11) is -2.94. The zero-order valence-corrected chi connectivity index (χ0v) is 10.3. The minimum atomic E-state index is -4.24. The van der Waals surface area contributed by atoms with E-state index in [0.717, 1.165) is 12.1 Å². The average molecular weight is 290 g/mol. The molecule has 0 unspecified atom stereocenters. The fourth-order valence-electron chi connectivity index (χ4n) is 1.26. The van der Waals surface area contributed by atoms with Crippen molar-refractivity contribution in [3.05, 3.63) is 29.8 Å². The number of nitrogens with zero attached hydrogens (tertiary/aromatic N) is 2. The first-order chi connectivity index (χ1) is 8.92. The van der Waals surface area contributed by atoms with Gasteiger partial charge in [0.25, 0.3) is 10.0 Å². The van der Waals surface area contributed by atoms with Gasteiger partial charge >= 0.3 is 6.01 Å². The summed E-state index contributed by atoms with van der Waals surface area (Å²) in [4.78, 5) is 2.91. The number of ether oxygens (including phenoxy) is 1. The molecule has 7 nitrogen and oxygen atoms in total. The molecule has 0 saturated heterocycles. The lowest BCUT2D eigenvalue weighted by molar-refractivity contribution is 0.382. The number of aromatic nitrogens is 3. The van der Waals surface area contributed by atoms with Crippen molar-refractivity contribution in [3.63, 3.8) is 0 Å². The average Bonchev–Trinajstić information content (AvgIpc) is 2.75. The number of nitrogens with one attached hydrogen (secondary N) is 2. The number of hydrogen-bond acceptors (Lipinski definition) is 5. The van der Waals surface area contributed by atoms with Crippen LogP contribution in [-0.2, 0) is 10.0 Å². The van der Waals surface area contributed by atoms with Gasteiger partial charge in [0, 0.05) is 6.07 Å². The monoisotopic (exact) mass is 290 g/mol. The van der Waals surface area contributed by atoms with Crippen molar-refractivity contribution in [3.8, 4) is 6.01 Å². The van der Waals surface area contributed by atoms with Crippen LogP contribution in [0.3, 0.4) is 0 Å². The Labute approximate surface area is 106 Å². The molecular weight excluding hydrogens is 282 g/mol. The fourth-order valence-corrected chi connectivity index (χ4v) is 2.28. The van der Waals surface area contributed by atoms with E-state index in [1.54, 1.807) is 0 Å². The lowest BCUT2D eigenvalue weighted by Gasteiger charge is -2.05. The van der Waals surface area contributed by atoms with E-state index in [2.05, 4.69) is 19.9 Å². The molecule has 19 heavy (non-hydrogen) atoms. The lowest BCUT2D eigenvalue weighted by Crippen LogP contribution is -2.15. The predicted molar refractivity (Wildman–Crippen MR) is 60.1 cm³/mol. The molecular formula is C9H8F2N4O3S. The van der Waals surface area contributed by atoms with Crippen molar-refractivity contribution in [2.45, 2.75) is 4.90 Å². The zero-order chi connectivity index (χ0) is 14.0. The summed E-state index contributed by atoms with van der Waals surface area (Å²) in [6.45, 7) is 0. The first kappa shape index (κ1) is 13.2. The molecule has 0 bridgehead atoms. The second kappa shape index (κ2) is 4.80. The highest BCUT2D eigenvalue weighted by molar-refractivity contribution is 7.92. The van der Waals surface area contributed by atoms with Crippen LogP contribution >= 0.6 is 0 Å². The normalized spacial score (nSPS) is 11.3. The first-order valence-electron chi connectivity index (χ1n) is 4.86. The van der Waals surface area contributed by atoms with Gasteiger partial charge in [-0.15, -0.1) is 5.10 Å². The third-order valence-corrected chi connectivity index (χ3v) is 3.43. The van der Waals surface area contributed by atoms with E-state index in [4.69, 9.17) is 0 Å². The van der Waals surface area contributed by atoms with E-state index in [0.29, 0.717) is 6.07 Å². The van der Waals surface area contributed by atoms with E-state index in [-0.39, 0.29) is 12.0 Å². The Kier molecular flexibility index (Phi) is 3.34. The van der Waals surface area contributed by atoms with E-state index in [9.17, 15) is 17.2 Å². The van der Waals surface area contributed by atoms with Crippen LogP contribution in [-0.4, -0.2) is 30.7 Å². The smallest absolute Gasteiger partial charge is 0.336 e. The Morgan fingerprint density at radius 2 is 2.11 bits per heavy atom. The summed E-state index contributed by atoms with van der Waals surface area (Å²) < 4.78 is 56.4. The number of anilines is 1. The summed E-state index contributed by atoms with van der Waals surface area (Å²) in [5, 5.41) is 5.75. The quantitative estimate of drug-likeness (QED) is 0.871. The molecule has 0 aliphatic rings. The van der Waals surface area contributed by atoms with Crippen molar-refractivity contribution < 1.29 is 21.9 Å². The van der Waals surface area contributed by atoms with E-state index in [1.165, 1.54) is 7.11 Å². The van der Waals surface area contributed by atoms with Gasteiger partial charge in [-0.1, -0.05) is 0 Å². The maximum absolute atomic E-state index is 13.4. The number of halogens is 2. The van der Waals surface area contributed by atoms with Gasteiger partial charge in [-0.3, -0.25) is 0 Å². The number of rotatable bonds is 4. The van der Waals surface area contributed by atoms with Gasteiger partial charge in [0.05, 0.1) is 7.11 Å². The molecule has 0 aliphatic heterocycles. The molecule has 0 spiro atoms. The van der Waals surface area contributed by atoms with Gasteiger partial charge in [-0.2, -0.15) is 4.98 Å². The molecule has 102 valence electrons. The number of hydrogen-bond donors (Lipinski definition) is 2. The highest BCUT2D eigenvalue weighted by Gasteiger charge is 2.21. The van der Waals surface area contributed by atoms with Crippen molar-refractivity contribution in [2.24, 2.45) is 0 Å². The van der Waals surface area contributed by atoms with Gasteiger partial charge in [0.1, 0.15) is 16.5 Å². The molecule has 0 saturated carbocycles. The maximum atomic E-state index is 13.4. The summed E-state index contributed by atoms with van der Waals surface area (Å²) in [6, 6.07) is 2.02. The van der Waals surface area contributed by atoms with Crippen LogP contribution < -0.4 is 9.46 Å². The SMILES string of the molecule is COc1n[nH]c(NS(=O)(=O)c2ccc(F)cc2F)n1. The third-order valence-electron chi connectivity index (χ3n) is 2.06. The molecule has 2 rings (SSSR count). The maximum Gasteiger partial charge on any atom is 0.336 e. The molecule has 2 aromatic rings. The molecule has 1 aromatic carbocycles. The molecule has 0 fully saturated rings. The molecule has 2 N–H and O–H groups in total. The molecule has 0 atom stereocenters. The van der Waals surface area contributed by atoms with Gasteiger partial charge in [0.15, 0.2) is 0 Å². The van der Waals surface area contributed by atoms with Crippen molar-refractivity contribution in [2.75, 3.05) is 11.8 Å². The number of methoxy groups -OCH3 is 1. The van der Waals surface area contributed by atoms with Crippen LogP contribution in [0.15, 0.2) is 23.1 Å². The minimum Gasteiger partial charge on any atom is -0.466 e.